The van der Waals surface area contributed by atoms with Crippen molar-refractivity contribution in [3.63, 3.8) is 0 Å². The smallest absolute Gasteiger partial charge is 0.416 e. The summed E-state index contributed by atoms with van der Waals surface area (Å²) in [6.45, 7) is 3.04. The number of nitrogens with two attached hydrogens (primary N) is 1. The fourth-order valence-corrected chi connectivity index (χ4v) is 3.35. The van der Waals surface area contributed by atoms with Crippen molar-refractivity contribution in [1.82, 2.24) is 6.15 Å². The van der Waals surface area contributed by atoms with E-state index in [-0.39, 0.29) is 53.3 Å². The third-order valence-electron chi connectivity index (χ3n) is 4.09. The minimum atomic E-state index is -4.52. The predicted octanol–water partition coefficient (Wildman–Crippen LogP) is 5.31. The Balaban J connectivity index is 0.000000869. The van der Waals surface area contributed by atoms with Gasteiger partial charge in [0.25, 0.3) is 0 Å². The first-order valence-electron chi connectivity index (χ1n) is 9.78. The second kappa shape index (κ2) is 14.0. The first kappa shape index (κ1) is 33.1. The third-order valence-corrected chi connectivity index (χ3v) is 5.47. The van der Waals surface area contributed by atoms with Crippen LogP contribution in [0.2, 0.25) is 5.02 Å². The molecule has 0 fully saturated rings. The van der Waals surface area contributed by atoms with Crippen molar-refractivity contribution in [3.05, 3.63) is 57.1 Å². The predicted molar refractivity (Wildman–Crippen MR) is 127 cm³/mol. The molecule has 0 heterocycles. The molecule has 0 aliphatic rings. The minimum Gasteiger partial charge on any atom is -0.487 e. The van der Waals surface area contributed by atoms with Crippen molar-refractivity contribution in [2.24, 2.45) is 5.73 Å². The summed E-state index contributed by atoms with van der Waals surface area (Å²) in [5.74, 6) is -1.02. The van der Waals surface area contributed by atoms with E-state index in [9.17, 15) is 32.6 Å². The molecule has 202 valence electrons. The van der Waals surface area contributed by atoms with Gasteiger partial charge in [0.15, 0.2) is 7.37 Å². The standard InChI is InChI=1S/C15H11ClF3NO4.C5H12NO4P.H3N/c1-2-23-14-8-10(4-5-12(14)20(21)22)24-13-6-3-9(7-11(13)16)15(17,18)19;1-11(9,10)3-2-4(6)5(7)8;/h3-8H,2H2,1H3;4H,2-3,6H2,1H3,(H,7,8)(H,9,10);1H3. The van der Waals surface area contributed by atoms with E-state index in [1.807, 2.05) is 0 Å². The molecular weight excluding hydrogens is 534 g/mol. The number of hydrogen-bond acceptors (Lipinski definition) is 8. The van der Waals surface area contributed by atoms with Gasteiger partial charge in [-0.25, -0.2) is 0 Å². The molecule has 2 aromatic carbocycles. The number of aliphatic carboxylic acids is 1. The number of carboxylic acid groups (broad SMARTS) is 1. The summed E-state index contributed by atoms with van der Waals surface area (Å²) in [6.07, 6.45) is -4.52. The van der Waals surface area contributed by atoms with E-state index in [4.69, 9.17) is 36.8 Å². The van der Waals surface area contributed by atoms with Crippen molar-refractivity contribution in [1.29, 1.82) is 0 Å². The van der Waals surface area contributed by atoms with Crippen LogP contribution in [-0.4, -0.2) is 46.4 Å². The molecule has 11 nitrogen and oxygen atoms in total. The maximum Gasteiger partial charge on any atom is 0.416 e. The first-order chi connectivity index (χ1) is 16.0. The highest BCUT2D eigenvalue weighted by Gasteiger charge is 2.31. The van der Waals surface area contributed by atoms with Gasteiger partial charge in [0.2, 0.25) is 5.75 Å². The van der Waals surface area contributed by atoms with Crippen molar-refractivity contribution in [2.75, 3.05) is 19.4 Å². The summed E-state index contributed by atoms with van der Waals surface area (Å²) in [7, 11) is -3.10. The molecule has 0 aromatic heterocycles. The van der Waals surface area contributed by atoms with Gasteiger partial charge in [-0.2, -0.15) is 13.2 Å². The highest BCUT2D eigenvalue weighted by atomic mass is 35.5. The maximum absolute atomic E-state index is 12.6. The van der Waals surface area contributed by atoms with Crippen LogP contribution in [0.15, 0.2) is 36.4 Å². The lowest BCUT2D eigenvalue weighted by atomic mass is 10.2. The highest BCUT2D eigenvalue weighted by Crippen LogP contribution is 2.38. The summed E-state index contributed by atoms with van der Waals surface area (Å²) in [4.78, 5) is 29.2. The van der Waals surface area contributed by atoms with Gasteiger partial charge in [-0.05, 0) is 37.6 Å². The molecule has 2 unspecified atom stereocenters. The number of benzene rings is 2. The summed E-state index contributed by atoms with van der Waals surface area (Å²) in [6, 6.07) is 5.37. The second-order valence-corrected chi connectivity index (χ2v) is 10.0. The molecule has 0 spiro atoms. The van der Waals surface area contributed by atoms with Gasteiger partial charge >= 0.3 is 17.8 Å². The van der Waals surface area contributed by atoms with Crippen LogP contribution in [-0.2, 0) is 15.5 Å². The molecule has 2 atom stereocenters. The first-order valence-corrected chi connectivity index (χ1v) is 12.5. The van der Waals surface area contributed by atoms with E-state index < -0.39 is 36.0 Å². The SMILES string of the molecule is CCOc1cc(Oc2ccc(C(F)(F)F)cc2Cl)ccc1[N+](=O)[O-].CP(=O)(O)CCC(N)C(=O)O.N. The second-order valence-electron chi connectivity index (χ2n) is 7.07. The average molecular weight is 560 g/mol. The zero-order valence-electron chi connectivity index (χ0n) is 19.2. The van der Waals surface area contributed by atoms with E-state index in [0.29, 0.717) is 0 Å². The van der Waals surface area contributed by atoms with Crippen molar-refractivity contribution >= 4 is 30.6 Å². The molecule has 0 saturated heterocycles. The normalized spacial score (nSPS) is 13.2. The number of alkyl halides is 3. The molecule has 0 amide bonds. The lowest BCUT2D eigenvalue weighted by Gasteiger charge is -2.12. The maximum atomic E-state index is 12.6. The molecule has 0 radical (unpaired) electrons. The molecule has 0 aliphatic heterocycles. The van der Waals surface area contributed by atoms with E-state index in [1.165, 1.54) is 24.9 Å². The molecule has 36 heavy (non-hydrogen) atoms. The van der Waals surface area contributed by atoms with Crippen LogP contribution in [0.3, 0.4) is 0 Å². The van der Waals surface area contributed by atoms with Crippen LogP contribution in [0.1, 0.15) is 18.9 Å². The highest BCUT2D eigenvalue weighted by molar-refractivity contribution is 7.57. The summed E-state index contributed by atoms with van der Waals surface area (Å²) >= 11 is 5.80. The van der Waals surface area contributed by atoms with Crippen LogP contribution >= 0.6 is 19.0 Å². The van der Waals surface area contributed by atoms with Crippen molar-refractivity contribution < 1.29 is 46.9 Å². The molecule has 2 rings (SSSR count). The fraction of sp³-hybridized carbons (Fsp3) is 0.350. The van der Waals surface area contributed by atoms with Crippen LogP contribution in [0.5, 0.6) is 17.2 Å². The fourth-order valence-electron chi connectivity index (χ4n) is 2.37. The number of carboxylic acids is 1. The van der Waals surface area contributed by atoms with Gasteiger partial charge in [-0.1, -0.05) is 11.6 Å². The lowest BCUT2D eigenvalue weighted by molar-refractivity contribution is -0.385. The zero-order chi connectivity index (χ0) is 27.0. The van der Waals surface area contributed by atoms with E-state index in [2.05, 4.69) is 0 Å². The minimum absolute atomic E-state index is 0. The Labute approximate surface area is 209 Å². The number of nitro groups is 1. The Kier molecular flexibility index (Phi) is 12.9. The number of carbonyl (C=O) groups is 1. The average Bonchev–Trinajstić information content (AvgIpc) is 2.72. The van der Waals surface area contributed by atoms with Crippen LogP contribution in [0, 0.1) is 10.1 Å². The Morgan fingerprint density at radius 1 is 1.25 bits per heavy atom. The Hall–Kier alpha value is -2.90. The molecule has 0 bridgehead atoms. The van der Waals surface area contributed by atoms with E-state index in [0.717, 1.165) is 18.2 Å². The lowest BCUT2D eigenvalue weighted by Crippen LogP contribution is -2.30. The van der Waals surface area contributed by atoms with Gasteiger partial charge in [-0.15, -0.1) is 0 Å². The zero-order valence-corrected chi connectivity index (χ0v) is 20.8. The summed E-state index contributed by atoms with van der Waals surface area (Å²) in [5.41, 5.74) is 3.94. The summed E-state index contributed by atoms with van der Waals surface area (Å²) < 4.78 is 59.0. The van der Waals surface area contributed by atoms with Gasteiger partial charge in [-0.3, -0.25) is 19.5 Å². The Morgan fingerprint density at radius 3 is 2.31 bits per heavy atom. The molecule has 0 aliphatic carbocycles. The van der Waals surface area contributed by atoms with Gasteiger partial charge in [0.05, 0.1) is 22.1 Å². The van der Waals surface area contributed by atoms with Crippen molar-refractivity contribution in [3.8, 4) is 17.2 Å². The third kappa shape index (κ3) is 11.2. The monoisotopic (exact) mass is 559 g/mol. The Morgan fingerprint density at radius 2 is 1.86 bits per heavy atom. The molecule has 16 heteroatoms. The van der Waals surface area contributed by atoms with Crippen molar-refractivity contribution in [2.45, 2.75) is 25.6 Å². The van der Waals surface area contributed by atoms with Crippen LogP contribution in [0.4, 0.5) is 18.9 Å². The largest absolute Gasteiger partial charge is 0.487 e. The Bertz CT molecular complexity index is 1100. The van der Waals surface area contributed by atoms with Gasteiger partial charge in [0, 0.05) is 25.0 Å². The number of halogens is 4. The number of ether oxygens (including phenoxy) is 2. The van der Waals surface area contributed by atoms with Crippen LogP contribution in [0.25, 0.3) is 0 Å². The summed E-state index contributed by atoms with van der Waals surface area (Å²) in [5, 5.41) is 19.0. The van der Waals surface area contributed by atoms with Gasteiger partial charge in [0.1, 0.15) is 17.5 Å². The molecule has 7 N–H and O–H groups in total. The van der Waals surface area contributed by atoms with Crippen LogP contribution < -0.4 is 21.4 Å². The van der Waals surface area contributed by atoms with E-state index >= 15 is 0 Å². The number of nitro benzene ring substituents is 1. The molecule has 2 aromatic rings. The quantitative estimate of drug-likeness (QED) is 0.177. The topological polar surface area (TPSA) is 197 Å². The number of nitrogens with zero attached hydrogens (tertiary/aromatic N) is 1. The van der Waals surface area contributed by atoms with Gasteiger partial charge < -0.3 is 31.4 Å². The number of hydrogen-bond donors (Lipinski definition) is 4. The van der Waals surface area contributed by atoms with E-state index in [1.54, 1.807) is 6.92 Å². The molecular formula is C20H26ClF3N3O8P. The number of rotatable bonds is 9. The molecule has 0 saturated carbocycles.